The monoisotopic (exact) mass is 373 g/mol. The van der Waals surface area contributed by atoms with E-state index >= 15 is 0 Å². The topological polar surface area (TPSA) is 84.3 Å². The van der Waals surface area contributed by atoms with Gasteiger partial charge in [-0.15, -0.1) is 0 Å². The Kier molecular flexibility index (Phi) is 8.36. The summed E-state index contributed by atoms with van der Waals surface area (Å²) < 4.78 is 22.4. The van der Waals surface area contributed by atoms with E-state index in [1.165, 1.54) is 5.56 Å². The molecule has 1 aromatic rings. The van der Waals surface area contributed by atoms with Crippen molar-refractivity contribution in [2.24, 2.45) is 0 Å². The Labute approximate surface area is 144 Å². The van der Waals surface area contributed by atoms with E-state index < -0.39 is 16.1 Å². The Morgan fingerprint density at radius 1 is 0.750 bits per heavy atom. The molecule has 0 radical (unpaired) electrons. The van der Waals surface area contributed by atoms with Crippen LogP contribution in [-0.2, 0) is 15.7 Å². The first-order chi connectivity index (χ1) is 11.5. The fourth-order valence-electron chi connectivity index (χ4n) is 2.81. The first kappa shape index (κ1) is 19.5. The summed E-state index contributed by atoms with van der Waals surface area (Å²) in [6.45, 7) is 5.10. The molecular formula is C15H25N3O4P2+2. The second kappa shape index (κ2) is 10.3. The average molecular weight is 373 g/mol. The molecule has 2 N–H and O–H groups in total. The summed E-state index contributed by atoms with van der Waals surface area (Å²) in [6, 6.07) is 10.2. The van der Waals surface area contributed by atoms with Gasteiger partial charge in [0.1, 0.15) is 0 Å². The molecule has 1 fully saturated rings. The van der Waals surface area contributed by atoms with Crippen LogP contribution in [0.4, 0.5) is 0 Å². The van der Waals surface area contributed by atoms with Gasteiger partial charge in [-0.1, -0.05) is 30.3 Å². The Balaban J connectivity index is 2.02. The molecule has 1 saturated heterocycles. The average Bonchev–Trinajstić information content (AvgIpc) is 2.61. The minimum absolute atomic E-state index is 0.146. The molecule has 7 nitrogen and oxygen atoms in total. The van der Waals surface area contributed by atoms with Crippen LogP contribution in [0.1, 0.15) is 5.56 Å². The molecule has 2 atom stereocenters. The molecule has 0 bridgehead atoms. The second-order valence-corrected chi connectivity index (χ2v) is 7.96. The zero-order valence-corrected chi connectivity index (χ0v) is 15.5. The smallest absolute Gasteiger partial charge is 0.297 e. The lowest BCUT2D eigenvalue weighted by Crippen LogP contribution is -2.35. The van der Waals surface area contributed by atoms with Crippen LogP contribution in [0.25, 0.3) is 0 Å². The molecule has 0 amide bonds. The Hall–Kier alpha value is -0.780. The van der Waals surface area contributed by atoms with Gasteiger partial charge < -0.3 is 0 Å². The molecule has 1 aromatic carbocycles. The molecule has 9 heteroatoms. The third kappa shape index (κ3) is 7.41. The van der Waals surface area contributed by atoms with E-state index in [0.29, 0.717) is 26.2 Å². The van der Waals surface area contributed by atoms with E-state index in [-0.39, 0.29) is 12.6 Å². The van der Waals surface area contributed by atoms with Crippen LogP contribution in [0.3, 0.4) is 0 Å². The highest BCUT2D eigenvalue weighted by Crippen LogP contribution is 2.18. The fourth-order valence-corrected chi connectivity index (χ4v) is 4.06. The van der Waals surface area contributed by atoms with Crippen molar-refractivity contribution in [1.29, 1.82) is 0 Å². The van der Waals surface area contributed by atoms with Gasteiger partial charge in [0.2, 0.25) is 12.6 Å². The molecule has 0 spiro atoms. The summed E-state index contributed by atoms with van der Waals surface area (Å²) in [5.41, 5.74) is 1.22. The van der Waals surface area contributed by atoms with Crippen LogP contribution < -0.4 is 0 Å². The third-order valence-corrected chi connectivity index (χ3v) is 5.37. The summed E-state index contributed by atoms with van der Waals surface area (Å²) in [5.74, 6) is 0. The predicted molar refractivity (Wildman–Crippen MR) is 94.2 cm³/mol. The molecular weight excluding hydrogens is 348 g/mol. The van der Waals surface area contributed by atoms with Gasteiger partial charge in [0.15, 0.2) is 0 Å². The summed E-state index contributed by atoms with van der Waals surface area (Å²) >= 11 is 0. The van der Waals surface area contributed by atoms with Crippen LogP contribution in [0, 0.1) is 0 Å². The van der Waals surface area contributed by atoms with E-state index in [0.717, 1.165) is 19.6 Å². The second-order valence-electron chi connectivity index (χ2n) is 5.98. The summed E-state index contributed by atoms with van der Waals surface area (Å²) in [5, 5.41) is 0. The number of benzene rings is 1. The maximum Gasteiger partial charge on any atom is 0.521 e. The molecule has 2 rings (SSSR count). The van der Waals surface area contributed by atoms with Crippen LogP contribution in [0.15, 0.2) is 30.3 Å². The number of hydrogen-bond donors (Lipinski definition) is 2. The molecule has 1 aliphatic heterocycles. The fraction of sp³-hybridized carbons (Fsp3) is 0.600. The molecule has 0 aromatic heterocycles. The van der Waals surface area contributed by atoms with Gasteiger partial charge in [-0.25, -0.2) is 0 Å². The third-order valence-electron chi connectivity index (χ3n) is 4.09. The van der Waals surface area contributed by atoms with E-state index in [9.17, 15) is 18.9 Å². The van der Waals surface area contributed by atoms with Crippen LogP contribution >= 0.6 is 16.1 Å². The number of nitrogens with zero attached hydrogens (tertiary/aromatic N) is 3. The van der Waals surface area contributed by atoms with E-state index in [1.54, 1.807) is 0 Å². The molecule has 2 unspecified atom stereocenters. The molecule has 0 aliphatic carbocycles. The zero-order valence-electron chi connectivity index (χ0n) is 13.7. The van der Waals surface area contributed by atoms with Crippen molar-refractivity contribution in [3.05, 3.63) is 35.9 Å². The standard InChI is InChI=1S/C15H23N3O4P2/c19-23(20)13-17-8-6-16(12-15-4-2-1-3-5-15)7-9-18(11-10-17)14-24(21)22/h1-5H,6-14H2/p+2. The molecule has 0 saturated carbocycles. The van der Waals surface area contributed by atoms with Gasteiger partial charge in [-0.05, 0) is 14.7 Å². The highest BCUT2D eigenvalue weighted by molar-refractivity contribution is 7.38. The number of rotatable bonds is 6. The lowest BCUT2D eigenvalue weighted by molar-refractivity contribution is 0.222. The van der Waals surface area contributed by atoms with E-state index in [4.69, 9.17) is 0 Å². The van der Waals surface area contributed by atoms with Crippen molar-refractivity contribution in [3.63, 3.8) is 0 Å². The summed E-state index contributed by atoms with van der Waals surface area (Å²) in [6.07, 6.45) is 0.293. The number of hydrogen-bond acceptors (Lipinski definition) is 5. The van der Waals surface area contributed by atoms with E-state index in [2.05, 4.69) is 17.0 Å². The van der Waals surface area contributed by atoms with Gasteiger partial charge in [-0.3, -0.25) is 14.7 Å². The molecule has 24 heavy (non-hydrogen) atoms. The minimum Gasteiger partial charge on any atom is -0.297 e. The predicted octanol–water partition coefficient (Wildman–Crippen LogP) is 1.49. The molecule has 1 aliphatic rings. The first-order valence-corrected chi connectivity index (χ1v) is 10.8. The normalized spacial score (nSPS) is 20.1. The van der Waals surface area contributed by atoms with Gasteiger partial charge in [0, 0.05) is 45.8 Å². The summed E-state index contributed by atoms with van der Waals surface area (Å²) in [4.78, 5) is 24.6. The van der Waals surface area contributed by atoms with Crippen molar-refractivity contribution >= 4 is 16.1 Å². The molecule has 132 valence electrons. The van der Waals surface area contributed by atoms with Crippen molar-refractivity contribution in [2.45, 2.75) is 6.54 Å². The lowest BCUT2D eigenvalue weighted by atomic mass is 10.2. The van der Waals surface area contributed by atoms with Crippen LogP contribution in [0.5, 0.6) is 0 Å². The highest BCUT2D eigenvalue weighted by Gasteiger charge is 2.25. The maximum atomic E-state index is 11.2. The van der Waals surface area contributed by atoms with Crippen molar-refractivity contribution in [3.8, 4) is 0 Å². The van der Waals surface area contributed by atoms with Gasteiger partial charge >= 0.3 is 16.1 Å². The largest absolute Gasteiger partial charge is 0.521 e. The van der Waals surface area contributed by atoms with Crippen LogP contribution in [0.2, 0.25) is 0 Å². The van der Waals surface area contributed by atoms with Crippen molar-refractivity contribution < 1.29 is 18.9 Å². The minimum atomic E-state index is -2.21. The zero-order chi connectivity index (χ0) is 17.4. The van der Waals surface area contributed by atoms with Gasteiger partial charge in [0.25, 0.3) is 0 Å². The quantitative estimate of drug-likeness (QED) is 0.731. The Morgan fingerprint density at radius 3 is 1.58 bits per heavy atom. The lowest BCUT2D eigenvalue weighted by Gasteiger charge is -2.24. The van der Waals surface area contributed by atoms with E-state index in [1.807, 2.05) is 28.0 Å². The van der Waals surface area contributed by atoms with Crippen molar-refractivity contribution in [2.75, 3.05) is 51.8 Å². The van der Waals surface area contributed by atoms with Crippen molar-refractivity contribution in [1.82, 2.24) is 14.7 Å². The van der Waals surface area contributed by atoms with Gasteiger partial charge in [0.05, 0.1) is 0 Å². The maximum absolute atomic E-state index is 11.2. The van der Waals surface area contributed by atoms with Crippen LogP contribution in [-0.4, -0.2) is 76.3 Å². The first-order valence-electron chi connectivity index (χ1n) is 8.01. The summed E-state index contributed by atoms with van der Waals surface area (Å²) in [7, 11) is -4.43. The van der Waals surface area contributed by atoms with Gasteiger partial charge in [-0.2, -0.15) is 9.79 Å². The SMILES string of the molecule is O=[P+](O)CN1CCN(Cc2ccccc2)CCN(C[P+](=O)O)CC1. The molecule has 1 heterocycles. The Bertz CT molecular complexity index is 519. The Morgan fingerprint density at radius 2 is 1.17 bits per heavy atom. The highest BCUT2D eigenvalue weighted by atomic mass is 31.1.